The molecule has 0 amide bonds. The van der Waals surface area contributed by atoms with E-state index in [9.17, 15) is 0 Å². The molecule has 0 aromatic heterocycles. The van der Waals surface area contributed by atoms with Crippen LogP contribution in [-0.4, -0.2) is 38.6 Å². The molecule has 0 spiro atoms. The second-order valence-corrected chi connectivity index (χ2v) is 4.77. The second-order valence-electron chi connectivity index (χ2n) is 4.77. The smallest absolute Gasteiger partial charge is 0.123 e. The van der Waals surface area contributed by atoms with Gasteiger partial charge in [0, 0.05) is 6.07 Å². The van der Waals surface area contributed by atoms with Crippen LogP contribution in [0.1, 0.15) is 12.5 Å². The van der Waals surface area contributed by atoms with Crippen molar-refractivity contribution in [2.24, 2.45) is 0 Å². The molecule has 0 N–H and O–H groups in total. The molecule has 3 rings (SSSR count). The molecule has 2 unspecified atom stereocenters. The van der Waals surface area contributed by atoms with Crippen molar-refractivity contribution in [2.45, 2.75) is 19.1 Å². The molecule has 2 aliphatic heterocycles. The molecule has 2 atom stereocenters. The van der Waals surface area contributed by atoms with Gasteiger partial charge in [-0.2, -0.15) is 0 Å². The predicted octanol–water partition coefficient (Wildman–Crippen LogP) is 2.27. The van der Waals surface area contributed by atoms with Gasteiger partial charge in [-0.1, -0.05) is 12.2 Å². The Morgan fingerprint density at radius 1 is 1.05 bits per heavy atom. The summed E-state index contributed by atoms with van der Waals surface area (Å²) in [7, 11) is 0. The fourth-order valence-electron chi connectivity index (χ4n) is 1.76. The molecule has 102 valence electrons. The first-order chi connectivity index (χ1) is 9.33. The first kappa shape index (κ1) is 12.5. The Morgan fingerprint density at radius 2 is 1.58 bits per heavy atom. The summed E-state index contributed by atoms with van der Waals surface area (Å²) in [5.74, 6) is 1.63. The van der Waals surface area contributed by atoms with E-state index in [2.05, 4.69) is 0 Å². The van der Waals surface area contributed by atoms with Crippen LogP contribution in [0, 0.1) is 0 Å². The van der Waals surface area contributed by atoms with Gasteiger partial charge in [-0.25, -0.2) is 0 Å². The van der Waals surface area contributed by atoms with Crippen LogP contribution in [0.2, 0.25) is 0 Å². The summed E-state index contributed by atoms with van der Waals surface area (Å²) in [6.45, 7) is 4.80. The largest absolute Gasteiger partial charge is 0.491 e. The van der Waals surface area contributed by atoms with Gasteiger partial charge in [0.25, 0.3) is 0 Å². The van der Waals surface area contributed by atoms with Gasteiger partial charge < -0.3 is 18.9 Å². The first-order valence-electron chi connectivity index (χ1n) is 6.60. The third-order valence-corrected chi connectivity index (χ3v) is 2.94. The highest BCUT2D eigenvalue weighted by Gasteiger charge is 2.24. The Balaban J connectivity index is 1.67. The molecular formula is C15H18O4. The quantitative estimate of drug-likeness (QED) is 0.707. The van der Waals surface area contributed by atoms with E-state index in [0.717, 1.165) is 30.3 Å². The molecule has 1 aromatic carbocycles. The minimum atomic E-state index is 0.259. The van der Waals surface area contributed by atoms with Crippen molar-refractivity contribution >= 4 is 6.08 Å². The van der Waals surface area contributed by atoms with E-state index >= 15 is 0 Å². The molecule has 0 saturated carbocycles. The fourth-order valence-corrected chi connectivity index (χ4v) is 1.76. The highest BCUT2D eigenvalue weighted by Crippen LogP contribution is 2.26. The zero-order chi connectivity index (χ0) is 13.1. The molecule has 0 bridgehead atoms. The first-order valence-corrected chi connectivity index (χ1v) is 6.60. The molecule has 2 saturated heterocycles. The standard InChI is InChI=1S/C15H18O4/c1-2-3-11-4-12(16-7-14-9-18-14)6-13(5-11)17-8-15-10-19-15/h2-6,14-15H,7-10H2,1H3. The number of allylic oxidation sites excluding steroid dienone is 1. The third-order valence-electron chi connectivity index (χ3n) is 2.94. The van der Waals surface area contributed by atoms with Crippen LogP contribution in [0.25, 0.3) is 6.08 Å². The van der Waals surface area contributed by atoms with E-state index in [4.69, 9.17) is 18.9 Å². The average Bonchev–Trinajstić information content (AvgIpc) is 3.28. The molecule has 2 aliphatic rings. The van der Waals surface area contributed by atoms with Crippen molar-refractivity contribution in [1.29, 1.82) is 0 Å². The molecule has 1 aromatic rings. The molecule has 4 nitrogen and oxygen atoms in total. The van der Waals surface area contributed by atoms with Gasteiger partial charge in [-0.15, -0.1) is 0 Å². The normalized spacial score (nSPS) is 24.5. The lowest BCUT2D eigenvalue weighted by Crippen LogP contribution is -2.06. The van der Waals surface area contributed by atoms with Gasteiger partial charge in [0.05, 0.1) is 13.2 Å². The highest BCUT2D eigenvalue weighted by molar-refractivity contribution is 5.55. The lowest BCUT2D eigenvalue weighted by atomic mass is 10.2. The number of benzene rings is 1. The number of hydrogen-bond donors (Lipinski definition) is 0. The monoisotopic (exact) mass is 262 g/mol. The number of hydrogen-bond acceptors (Lipinski definition) is 4. The minimum Gasteiger partial charge on any atom is -0.491 e. The second kappa shape index (κ2) is 5.63. The number of rotatable bonds is 7. The van der Waals surface area contributed by atoms with Crippen molar-refractivity contribution in [3.8, 4) is 11.5 Å². The van der Waals surface area contributed by atoms with Crippen LogP contribution >= 0.6 is 0 Å². The maximum Gasteiger partial charge on any atom is 0.123 e. The highest BCUT2D eigenvalue weighted by atomic mass is 16.6. The van der Waals surface area contributed by atoms with E-state index in [-0.39, 0.29) is 12.2 Å². The molecule has 19 heavy (non-hydrogen) atoms. The van der Waals surface area contributed by atoms with Gasteiger partial charge in [0.1, 0.15) is 36.9 Å². The molecule has 4 heteroatoms. The maximum absolute atomic E-state index is 5.71. The molecule has 2 heterocycles. The van der Waals surface area contributed by atoms with Crippen LogP contribution < -0.4 is 9.47 Å². The van der Waals surface area contributed by atoms with E-state index in [1.165, 1.54) is 0 Å². The summed E-state index contributed by atoms with van der Waals surface area (Å²) in [5, 5.41) is 0. The summed E-state index contributed by atoms with van der Waals surface area (Å²) in [5.41, 5.74) is 1.07. The van der Waals surface area contributed by atoms with E-state index in [1.807, 2.05) is 37.3 Å². The van der Waals surface area contributed by atoms with Crippen LogP contribution in [0.4, 0.5) is 0 Å². The molecule has 0 radical (unpaired) electrons. The van der Waals surface area contributed by atoms with Crippen molar-refractivity contribution in [1.82, 2.24) is 0 Å². The van der Waals surface area contributed by atoms with E-state index in [0.29, 0.717) is 13.2 Å². The fraction of sp³-hybridized carbons (Fsp3) is 0.467. The Morgan fingerprint density at radius 3 is 2.00 bits per heavy atom. The van der Waals surface area contributed by atoms with Crippen LogP contribution in [-0.2, 0) is 9.47 Å². The summed E-state index contributed by atoms with van der Waals surface area (Å²) >= 11 is 0. The molecule has 2 fully saturated rings. The van der Waals surface area contributed by atoms with E-state index in [1.54, 1.807) is 0 Å². The zero-order valence-electron chi connectivity index (χ0n) is 11.0. The van der Waals surface area contributed by atoms with Crippen molar-refractivity contribution in [3.05, 3.63) is 29.8 Å². The van der Waals surface area contributed by atoms with Gasteiger partial charge in [-0.05, 0) is 24.6 Å². The summed E-state index contributed by atoms with van der Waals surface area (Å²) in [4.78, 5) is 0. The Kier molecular flexibility index (Phi) is 3.71. The van der Waals surface area contributed by atoms with Crippen LogP contribution in [0.15, 0.2) is 24.3 Å². The minimum absolute atomic E-state index is 0.259. The lowest BCUT2D eigenvalue weighted by molar-refractivity contribution is 0.252. The topological polar surface area (TPSA) is 43.5 Å². The maximum atomic E-state index is 5.71. The summed E-state index contributed by atoms with van der Waals surface area (Å²) in [6, 6.07) is 5.92. The van der Waals surface area contributed by atoms with Gasteiger partial charge in [0.15, 0.2) is 0 Å². The van der Waals surface area contributed by atoms with Gasteiger partial charge in [-0.3, -0.25) is 0 Å². The Labute approximate surface area is 112 Å². The summed E-state index contributed by atoms with van der Waals surface area (Å²) in [6.07, 6.45) is 4.54. The van der Waals surface area contributed by atoms with Crippen LogP contribution in [0.5, 0.6) is 11.5 Å². The average molecular weight is 262 g/mol. The number of ether oxygens (including phenoxy) is 4. The predicted molar refractivity (Wildman–Crippen MR) is 71.6 cm³/mol. The summed E-state index contributed by atoms with van der Waals surface area (Å²) < 4.78 is 21.7. The van der Waals surface area contributed by atoms with Crippen molar-refractivity contribution in [2.75, 3.05) is 26.4 Å². The Hall–Kier alpha value is -1.52. The van der Waals surface area contributed by atoms with E-state index < -0.39 is 0 Å². The number of epoxide rings is 2. The van der Waals surface area contributed by atoms with Crippen molar-refractivity contribution in [3.63, 3.8) is 0 Å². The molecular weight excluding hydrogens is 244 g/mol. The van der Waals surface area contributed by atoms with Crippen molar-refractivity contribution < 1.29 is 18.9 Å². The van der Waals surface area contributed by atoms with Crippen LogP contribution in [0.3, 0.4) is 0 Å². The van der Waals surface area contributed by atoms with Gasteiger partial charge >= 0.3 is 0 Å². The lowest BCUT2D eigenvalue weighted by Gasteiger charge is -2.10. The zero-order valence-corrected chi connectivity index (χ0v) is 11.0. The SMILES string of the molecule is CC=Cc1cc(OCC2CO2)cc(OCC2CO2)c1. The molecule has 0 aliphatic carbocycles. The Bertz CT molecular complexity index is 427. The van der Waals surface area contributed by atoms with Gasteiger partial charge in [0.2, 0.25) is 0 Å². The third kappa shape index (κ3) is 3.98.